The minimum absolute atomic E-state index is 0.417. The second-order valence-corrected chi connectivity index (χ2v) is 7.33. The normalized spacial score (nSPS) is 14.1. The maximum atomic E-state index is 9.29. The predicted octanol–water partition coefficient (Wildman–Crippen LogP) is 4.32. The van der Waals surface area contributed by atoms with Gasteiger partial charge in [-0.15, -0.1) is 0 Å². The second-order valence-electron chi connectivity index (χ2n) is 6.41. The Kier molecular flexibility index (Phi) is 5.23. The number of para-hydroxylation sites is 1. The number of morpholine rings is 1. The fourth-order valence-corrected chi connectivity index (χ4v) is 3.70. The van der Waals surface area contributed by atoms with Gasteiger partial charge in [0.25, 0.3) is 0 Å². The maximum Gasteiger partial charge on any atom is 0.143 e. The largest absolute Gasteiger partial charge is 0.380 e. The van der Waals surface area contributed by atoms with E-state index in [0.29, 0.717) is 12.2 Å². The summed E-state index contributed by atoms with van der Waals surface area (Å²) in [6.45, 7) is 3.94. The number of nitrogens with one attached hydrogen (secondary N) is 1. The fraction of sp³-hybridized carbons (Fsp3) is 0.238. The highest BCUT2D eigenvalue weighted by Crippen LogP contribution is 2.28. The maximum absolute atomic E-state index is 9.29. The van der Waals surface area contributed by atoms with Crippen LogP contribution in [0, 0.1) is 11.3 Å². The summed E-state index contributed by atoms with van der Waals surface area (Å²) in [6.07, 6.45) is 0. The van der Waals surface area contributed by atoms with Gasteiger partial charge in [0.05, 0.1) is 18.7 Å². The van der Waals surface area contributed by atoms with Crippen molar-refractivity contribution in [3.05, 3.63) is 64.3 Å². The van der Waals surface area contributed by atoms with Crippen LogP contribution in [0.25, 0.3) is 10.9 Å². The van der Waals surface area contributed by atoms with Crippen molar-refractivity contribution in [2.45, 2.75) is 6.54 Å². The van der Waals surface area contributed by atoms with Gasteiger partial charge in [0.15, 0.2) is 0 Å². The van der Waals surface area contributed by atoms with E-state index in [1.807, 2.05) is 30.3 Å². The van der Waals surface area contributed by atoms with Gasteiger partial charge in [0.1, 0.15) is 11.8 Å². The molecule has 0 aliphatic carbocycles. The van der Waals surface area contributed by atoms with E-state index < -0.39 is 0 Å². The van der Waals surface area contributed by atoms with Gasteiger partial charge in [0.2, 0.25) is 0 Å². The third kappa shape index (κ3) is 3.90. The number of aromatic nitrogens is 1. The topological polar surface area (TPSA) is 61.2 Å². The van der Waals surface area contributed by atoms with Crippen molar-refractivity contribution in [2.75, 3.05) is 36.5 Å². The molecular weight excluding hydrogens is 404 g/mol. The molecule has 1 fully saturated rings. The molecule has 0 unspecified atom stereocenters. The lowest BCUT2D eigenvalue weighted by Gasteiger charge is -2.31. The summed E-state index contributed by atoms with van der Waals surface area (Å²) in [4.78, 5) is 6.74. The molecule has 1 aliphatic heterocycles. The van der Waals surface area contributed by atoms with E-state index in [2.05, 4.69) is 55.4 Å². The molecule has 0 spiro atoms. The molecule has 0 amide bonds. The molecule has 0 atom stereocenters. The van der Waals surface area contributed by atoms with E-state index in [1.54, 1.807) is 0 Å². The average Bonchev–Trinajstić information content (AvgIpc) is 2.73. The number of nitrogens with zero attached hydrogens (tertiary/aromatic N) is 3. The first-order valence-electron chi connectivity index (χ1n) is 8.89. The van der Waals surface area contributed by atoms with E-state index in [-0.39, 0.29) is 0 Å². The van der Waals surface area contributed by atoms with Gasteiger partial charge in [0, 0.05) is 40.9 Å². The summed E-state index contributed by atoms with van der Waals surface area (Å²) in [7, 11) is 0. The van der Waals surface area contributed by atoms with Crippen LogP contribution in [0.4, 0.5) is 11.4 Å². The van der Waals surface area contributed by atoms with Crippen molar-refractivity contribution >= 4 is 38.2 Å². The quantitative estimate of drug-likeness (QED) is 0.678. The number of hydrogen-bond acceptors (Lipinski definition) is 5. The highest BCUT2D eigenvalue weighted by molar-refractivity contribution is 9.10. The number of hydrogen-bond donors (Lipinski definition) is 1. The molecule has 3 aromatic rings. The van der Waals surface area contributed by atoms with Gasteiger partial charge in [-0.25, -0.2) is 4.98 Å². The van der Waals surface area contributed by atoms with Crippen molar-refractivity contribution in [2.24, 2.45) is 0 Å². The summed E-state index contributed by atoms with van der Waals surface area (Å²) in [6, 6.07) is 18.2. The molecule has 136 valence electrons. The lowest BCUT2D eigenvalue weighted by Crippen LogP contribution is -2.36. The van der Waals surface area contributed by atoms with Crippen LogP contribution in [0.5, 0.6) is 0 Å². The van der Waals surface area contributed by atoms with E-state index >= 15 is 0 Å². The summed E-state index contributed by atoms with van der Waals surface area (Å²) >= 11 is 3.59. The number of fused-ring (bicyclic) bond motifs is 1. The Hall–Kier alpha value is -2.62. The third-order valence-electron chi connectivity index (χ3n) is 4.70. The number of rotatable bonds is 4. The molecule has 0 radical (unpaired) electrons. The summed E-state index contributed by atoms with van der Waals surface area (Å²) < 4.78 is 6.55. The minimum atomic E-state index is 0.417. The van der Waals surface area contributed by atoms with Crippen LogP contribution in [-0.2, 0) is 11.3 Å². The minimum Gasteiger partial charge on any atom is -0.380 e. The van der Waals surface area contributed by atoms with Crippen LogP contribution < -0.4 is 10.2 Å². The van der Waals surface area contributed by atoms with Crippen LogP contribution in [0.3, 0.4) is 0 Å². The van der Waals surface area contributed by atoms with Crippen LogP contribution in [0.1, 0.15) is 11.3 Å². The molecule has 6 heteroatoms. The average molecular weight is 423 g/mol. The zero-order chi connectivity index (χ0) is 18.6. The predicted molar refractivity (Wildman–Crippen MR) is 111 cm³/mol. The smallest absolute Gasteiger partial charge is 0.143 e. The lowest BCUT2D eigenvalue weighted by atomic mass is 10.1. The molecule has 1 aliphatic rings. The Balaban J connectivity index is 1.64. The molecule has 4 rings (SSSR count). The van der Waals surface area contributed by atoms with Gasteiger partial charge >= 0.3 is 0 Å². The van der Waals surface area contributed by atoms with E-state index in [1.165, 1.54) is 11.3 Å². The number of pyridine rings is 1. The summed E-state index contributed by atoms with van der Waals surface area (Å²) in [5.41, 5.74) is 4.58. The van der Waals surface area contributed by atoms with Gasteiger partial charge in [-0.1, -0.05) is 40.2 Å². The van der Waals surface area contributed by atoms with Crippen molar-refractivity contribution in [3.63, 3.8) is 0 Å². The van der Waals surface area contributed by atoms with Crippen LogP contribution in [0.15, 0.2) is 53.0 Å². The molecule has 1 aromatic heterocycles. The van der Waals surface area contributed by atoms with Gasteiger partial charge < -0.3 is 15.0 Å². The molecule has 1 N–H and O–H groups in total. The zero-order valence-corrected chi connectivity index (χ0v) is 16.4. The molecule has 27 heavy (non-hydrogen) atoms. The fourth-order valence-electron chi connectivity index (χ4n) is 3.35. The number of ether oxygens (including phenoxy) is 1. The van der Waals surface area contributed by atoms with E-state index in [0.717, 1.165) is 47.4 Å². The number of nitriles is 1. The van der Waals surface area contributed by atoms with Crippen LogP contribution in [-0.4, -0.2) is 31.3 Å². The lowest BCUT2D eigenvalue weighted by molar-refractivity contribution is 0.122. The highest BCUT2D eigenvalue weighted by Gasteiger charge is 2.15. The Labute approximate surface area is 166 Å². The number of anilines is 2. The van der Waals surface area contributed by atoms with Crippen molar-refractivity contribution in [1.82, 2.24) is 4.98 Å². The molecule has 2 heterocycles. The Morgan fingerprint density at radius 3 is 2.78 bits per heavy atom. The molecule has 0 saturated carbocycles. The highest BCUT2D eigenvalue weighted by atomic mass is 79.9. The van der Waals surface area contributed by atoms with E-state index in [4.69, 9.17) is 4.74 Å². The zero-order valence-electron chi connectivity index (χ0n) is 14.8. The third-order valence-corrected chi connectivity index (χ3v) is 5.19. The Bertz CT molecular complexity index is 1010. The molecular formula is C21H19BrN4O. The Morgan fingerprint density at radius 1 is 1.15 bits per heavy atom. The van der Waals surface area contributed by atoms with Crippen LogP contribution >= 0.6 is 15.9 Å². The SMILES string of the molecule is N#Cc1cc(NCc2ccc(Br)cc2N2CCOCC2)c2ccccc2n1. The first-order chi connectivity index (χ1) is 13.2. The van der Waals surface area contributed by atoms with Gasteiger partial charge in [-0.3, -0.25) is 0 Å². The van der Waals surface area contributed by atoms with Gasteiger partial charge in [-0.2, -0.15) is 5.26 Å². The van der Waals surface area contributed by atoms with Crippen molar-refractivity contribution in [1.29, 1.82) is 5.26 Å². The number of benzene rings is 2. The van der Waals surface area contributed by atoms with Gasteiger partial charge in [-0.05, 0) is 29.8 Å². The summed E-state index contributed by atoms with van der Waals surface area (Å²) in [5.74, 6) is 0. The van der Waals surface area contributed by atoms with Crippen molar-refractivity contribution < 1.29 is 4.74 Å². The molecule has 5 nitrogen and oxygen atoms in total. The molecule has 0 bridgehead atoms. The molecule has 2 aromatic carbocycles. The Morgan fingerprint density at radius 2 is 1.96 bits per heavy atom. The standard InChI is InChI=1S/C21H19BrN4O/c22-16-6-5-15(21(11-16)26-7-9-27-10-8-26)14-24-20-12-17(13-23)25-19-4-2-1-3-18(19)20/h1-6,11-12H,7-10,14H2,(H,24,25). The first-order valence-corrected chi connectivity index (χ1v) is 9.69. The monoisotopic (exact) mass is 422 g/mol. The summed E-state index contributed by atoms with van der Waals surface area (Å²) in [5, 5.41) is 13.8. The molecule has 1 saturated heterocycles. The van der Waals surface area contributed by atoms with Crippen molar-refractivity contribution in [3.8, 4) is 6.07 Å². The van der Waals surface area contributed by atoms with Crippen LogP contribution in [0.2, 0.25) is 0 Å². The first kappa shape index (κ1) is 17.8. The number of halogens is 1. The second kappa shape index (κ2) is 7.95. The van der Waals surface area contributed by atoms with E-state index in [9.17, 15) is 5.26 Å².